The molecule has 2 aromatic heterocycles. The summed E-state index contributed by atoms with van der Waals surface area (Å²) in [6, 6.07) is 4.05. The lowest BCUT2D eigenvalue weighted by Crippen LogP contribution is -2.17. The molecule has 5 heteroatoms. The molecule has 2 rings (SSSR count). The van der Waals surface area contributed by atoms with Crippen LogP contribution in [0.15, 0.2) is 22.8 Å². The molecular formula is C14H19BrN4. The molecular weight excluding hydrogens is 304 g/mol. The van der Waals surface area contributed by atoms with Crippen molar-refractivity contribution in [3.63, 3.8) is 0 Å². The first-order valence-electron chi connectivity index (χ1n) is 6.46. The molecule has 0 aliphatic rings. The van der Waals surface area contributed by atoms with E-state index in [-0.39, 0.29) is 0 Å². The summed E-state index contributed by atoms with van der Waals surface area (Å²) >= 11 is 3.60. The van der Waals surface area contributed by atoms with Crippen molar-refractivity contribution < 1.29 is 0 Å². The molecule has 0 unspecified atom stereocenters. The highest BCUT2D eigenvalue weighted by atomic mass is 79.9. The minimum atomic E-state index is 0.771. The second-order valence-electron chi connectivity index (χ2n) is 4.53. The second kappa shape index (κ2) is 6.30. The van der Waals surface area contributed by atoms with Crippen LogP contribution < -0.4 is 5.32 Å². The van der Waals surface area contributed by atoms with E-state index in [1.807, 2.05) is 23.9 Å². The van der Waals surface area contributed by atoms with E-state index in [2.05, 4.69) is 51.2 Å². The van der Waals surface area contributed by atoms with Crippen LogP contribution in [-0.2, 0) is 19.6 Å². The van der Waals surface area contributed by atoms with Gasteiger partial charge in [0.1, 0.15) is 0 Å². The van der Waals surface area contributed by atoms with Gasteiger partial charge in [0.15, 0.2) is 0 Å². The fourth-order valence-electron chi connectivity index (χ4n) is 2.04. The van der Waals surface area contributed by atoms with Gasteiger partial charge in [-0.1, -0.05) is 6.07 Å². The Morgan fingerprint density at radius 3 is 2.79 bits per heavy atom. The molecule has 0 spiro atoms. The number of pyridine rings is 1. The summed E-state index contributed by atoms with van der Waals surface area (Å²) in [5, 5.41) is 7.92. The van der Waals surface area contributed by atoms with E-state index in [4.69, 9.17) is 0 Å². The topological polar surface area (TPSA) is 42.7 Å². The quantitative estimate of drug-likeness (QED) is 0.920. The van der Waals surface area contributed by atoms with Crippen molar-refractivity contribution in [2.24, 2.45) is 0 Å². The molecule has 0 fully saturated rings. The molecule has 102 valence electrons. The molecule has 2 aromatic rings. The molecule has 19 heavy (non-hydrogen) atoms. The Hall–Kier alpha value is -1.20. The number of hydrogen-bond acceptors (Lipinski definition) is 3. The lowest BCUT2D eigenvalue weighted by atomic mass is 10.2. The largest absolute Gasteiger partial charge is 0.305 e. The number of halogens is 1. The minimum absolute atomic E-state index is 0.771. The van der Waals surface area contributed by atoms with Gasteiger partial charge in [0.25, 0.3) is 0 Å². The predicted molar refractivity (Wildman–Crippen MR) is 79.9 cm³/mol. The number of rotatable bonds is 5. The summed E-state index contributed by atoms with van der Waals surface area (Å²) in [4.78, 5) is 4.38. The smallest absolute Gasteiger partial charge is 0.0739 e. The Labute approximate surface area is 122 Å². The third kappa shape index (κ3) is 3.22. The van der Waals surface area contributed by atoms with E-state index < -0.39 is 0 Å². The zero-order chi connectivity index (χ0) is 13.8. The average Bonchev–Trinajstić information content (AvgIpc) is 2.68. The van der Waals surface area contributed by atoms with Gasteiger partial charge < -0.3 is 5.32 Å². The first kappa shape index (κ1) is 14.2. The Balaban J connectivity index is 2.02. The molecule has 0 saturated carbocycles. The maximum Gasteiger partial charge on any atom is 0.0739 e. The number of aryl methyl sites for hydroxylation is 3. The third-order valence-corrected chi connectivity index (χ3v) is 4.19. The third-order valence-electron chi connectivity index (χ3n) is 3.16. The highest BCUT2D eigenvalue weighted by Crippen LogP contribution is 2.20. The summed E-state index contributed by atoms with van der Waals surface area (Å²) < 4.78 is 3.12. The van der Waals surface area contributed by atoms with E-state index in [1.54, 1.807) is 0 Å². The Morgan fingerprint density at radius 2 is 2.11 bits per heavy atom. The summed E-state index contributed by atoms with van der Waals surface area (Å²) in [6.07, 6.45) is 1.83. The van der Waals surface area contributed by atoms with Crippen molar-refractivity contribution in [2.75, 3.05) is 0 Å². The van der Waals surface area contributed by atoms with Crippen molar-refractivity contribution in [1.29, 1.82) is 0 Å². The van der Waals surface area contributed by atoms with Crippen molar-refractivity contribution in [3.05, 3.63) is 45.4 Å². The fourth-order valence-corrected chi connectivity index (χ4v) is 2.46. The number of nitrogens with one attached hydrogen (secondary N) is 1. The monoisotopic (exact) mass is 322 g/mol. The van der Waals surface area contributed by atoms with Gasteiger partial charge >= 0.3 is 0 Å². The van der Waals surface area contributed by atoms with E-state index in [0.717, 1.165) is 35.5 Å². The number of hydrogen-bond donors (Lipinski definition) is 1. The molecule has 0 saturated heterocycles. The normalized spacial score (nSPS) is 10.9. The molecule has 4 nitrogen and oxygen atoms in total. The lowest BCUT2D eigenvalue weighted by Gasteiger charge is -2.08. The minimum Gasteiger partial charge on any atom is -0.305 e. The van der Waals surface area contributed by atoms with Crippen LogP contribution >= 0.6 is 15.9 Å². The summed E-state index contributed by atoms with van der Waals surface area (Å²) in [5.74, 6) is 0. The van der Waals surface area contributed by atoms with Gasteiger partial charge in [0.2, 0.25) is 0 Å². The van der Waals surface area contributed by atoms with Crippen LogP contribution in [-0.4, -0.2) is 14.8 Å². The highest BCUT2D eigenvalue weighted by Gasteiger charge is 2.11. The molecule has 0 aliphatic carbocycles. The molecule has 0 aromatic carbocycles. The first-order valence-corrected chi connectivity index (χ1v) is 7.25. The number of nitrogens with zero attached hydrogens (tertiary/aromatic N) is 3. The van der Waals surface area contributed by atoms with Crippen LogP contribution in [0.2, 0.25) is 0 Å². The van der Waals surface area contributed by atoms with E-state index in [1.165, 1.54) is 11.3 Å². The second-order valence-corrected chi connectivity index (χ2v) is 5.33. The van der Waals surface area contributed by atoms with Crippen LogP contribution in [0.5, 0.6) is 0 Å². The fraction of sp³-hybridized carbons (Fsp3) is 0.429. The Bertz CT molecular complexity index is 563. The molecule has 0 bridgehead atoms. The van der Waals surface area contributed by atoms with E-state index in [9.17, 15) is 0 Å². The molecule has 2 heterocycles. The number of aromatic nitrogens is 3. The molecule has 0 aliphatic heterocycles. The SMILES string of the molecule is CCn1nc(C)c(Br)c1CNCc1ncccc1C. The van der Waals surface area contributed by atoms with Gasteiger partial charge in [-0.3, -0.25) is 9.67 Å². The summed E-state index contributed by atoms with van der Waals surface area (Å²) in [5.41, 5.74) is 4.54. The van der Waals surface area contributed by atoms with Crippen LogP contribution in [0.4, 0.5) is 0 Å². The summed E-state index contributed by atoms with van der Waals surface area (Å²) in [6.45, 7) is 8.64. The standard InChI is InChI=1S/C14H19BrN4/c1-4-19-13(14(15)11(3)18-19)9-16-8-12-10(2)6-5-7-17-12/h5-7,16H,4,8-9H2,1-3H3. The van der Waals surface area contributed by atoms with Crippen molar-refractivity contribution in [1.82, 2.24) is 20.1 Å². The lowest BCUT2D eigenvalue weighted by molar-refractivity contribution is 0.574. The molecule has 0 amide bonds. The van der Waals surface area contributed by atoms with Gasteiger partial charge in [0, 0.05) is 25.8 Å². The van der Waals surface area contributed by atoms with Crippen molar-refractivity contribution in [2.45, 2.75) is 40.4 Å². The molecule has 1 N–H and O–H groups in total. The molecule has 0 atom stereocenters. The average molecular weight is 323 g/mol. The maximum absolute atomic E-state index is 4.49. The zero-order valence-electron chi connectivity index (χ0n) is 11.6. The van der Waals surface area contributed by atoms with Gasteiger partial charge in [0.05, 0.1) is 21.6 Å². The van der Waals surface area contributed by atoms with Crippen molar-refractivity contribution >= 4 is 15.9 Å². The van der Waals surface area contributed by atoms with Crippen LogP contribution in [0, 0.1) is 13.8 Å². The molecule has 0 radical (unpaired) electrons. The van der Waals surface area contributed by atoms with Gasteiger partial charge in [-0.2, -0.15) is 5.10 Å². The zero-order valence-corrected chi connectivity index (χ0v) is 13.2. The highest BCUT2D eigenvalue weighted by molar-refractivity contribution is 9.10. The van der Waals surface area contributed by atoms with E-state index in [0.29, 0.717) is 0 Å². The van der Waals surface area contributed by atoms with E-state index >= 15 is 0 Å². The van der Waals surface area contributed by atoms with Crippen LogP contribution in [0.3, 0.4) is 0 Å². The van der Waals surface area contributed by atoms with Gasteiger partial charge in [-0.25, -0.2) is 0 Å². The van der Waals surface area contributed by atoms with Crippen molar-refractivity contribution in [3.8, 4) is 0 Å². The Morgan fingerprint density at radius 1 is 1.32 bits per heavy atom. The Kier molecular flexibility index (Phi) is 4.71. The maximum atomic E-state index is 4.49. The van der Waals surface area contributed by atoms with Crippen LogP contribution in [0.1, 0.15) is 29.6 Å². The predicted octanol–water partition coefficient (Wildman–Crippen LogP) is 2.97. The van der Waals surface area contributed by atoms with Crippen LogP contribution in [0.25, 0.3) is 0 Å². The summed E-state index contributed by atoms with van der Waals surface area (Å²) in [7, 11) is 0. The van der Waals surface area contributed by atoms with Gasteiger partial charge in [-0.15, -0.1) is 0 Å². The van der Waals surface area contributed by atoms with Gasteiger partial charge in [-0.05, 0) is 48.3 Å². The first-order chi connectivity index (χ1) is 9.13.